The third kappa shape index (κ3) is 3.60. The van der Waals surface area contributed by atoms with Crippen molar-refractivity contribution < 1.29 is 21.2 Å². The smallest absolute Gasteiger partial charge is 0.241 e. The number of benzene rings is 2. The van der Waals surface area contributed by atoms with Gasteiger partial charge in [0.05, 0.1) is 22.9 Å². The zero-order valence-electron chi connectivity index (χ0n) is 14.3. The molecular weight excluding hydrogens is 379 g/mol. The highest BCUT2D eigenvalue weighted by Crippen LogP contribution is 2.35. The van der Waals surface area contributed by atoms with E-state index >= 15 is 0 Å². The minimum atomic E-state index is -3.88. The van der Waals surface area contributed by atoms with Crippen molar-refractivity contribution in [1.29, 1.82) is 0 Å². The molecule has 0 radical (unpaired) electrons. The molecule has 2 aromatic rings. The van der Waals surface area contributed by atoms with Gasteiger partial charge in [-0.1, -0.05) is 18.2 Å². The molecule has 9 heteroatoms. The van der Waals surface area contributed by atoms with Crippen LogP contribution in [0.3, 0.4) is 0 Å². The predicted octanol–water partition coefficient (Wildman–Crippen LogP) is 2.32. The van der Waals surface area contributed by atoms with E-state index in [1.54, 1.807) is 24.3 Å². The van der Waals surface area contributed by atoms with E-state index < -0.39 is 31.9 Å². The Hall–Kier alpha value is -1.97. The summed E-state index contributed by atoms with van der Waals surface area (Å²) in [5, 5.41) is 0. The SMILES string of the molecule is Cc1cc(S(=O)(=O)NC2CCN(S(C)(=O)=O)c3ccccc32)ccc1F. The Labute approximate surface area is 152 Å². The molecule has 0 saturated heterocycles. The second-order valence-corrected chi connectivity index (χ2v) is 9.89. The molecule has 3 rings (SSSR count). The van der Waals surface area contributed by atoms with Crippen LogP contribution in [0.2, 0.25) is 0 Å². The predicted molar refractivity (Wildman–Crippen MR) is 97.4 cm³/mol. The quantitative estimate of drug-likeness (QED) is 0.857. The Morgan fingerprint density at radius 2 is 1.81 bits per heavy atom. The molecule has 1 aliphatic rings. The molecule has 2 aromatic carbocycles. The molecule has 1 atom stereocenters. The van der Waals surface area contributed by atoms with Crippen molar-refractivity contribution in [2.75, 3.05) is 17.1 Å². The van der Waals surface area contributed by atoms with Gasteiger partial charge in [-0.15, -0.1) is 0 Å². The van der Waals surface area contributed by atoms with Crippen LogP contribution in [0.5, 0.6) is 0 Å². The number of fused-ring (bicyclic) bond motifs is 1. The maximum atomic E-state index is 13.4. The summed E-state index contributed by atoms with van der Waals surface area (Å²) in [6.45, 7) is 1.67. The number of nitrogens with zero attached hydrogens (tertiary/aromatic N) is 1. The summed E-state index contributed by atoms with van der Waals surface area (Å²) >= 11 is 0. The molecule has 0 fully saturated rings. The van der Waals surface area contributed by atoms with Crippen LogP contribution >= 0.6 is 0 Å². The van der Waals surface area contributed by atoms with Gasteiger partial charge in [-0.25, -0.2) is 25.9 Å². The minimum Gasteiger partial charge on any atom is -0.270 e. The van der Waals surface area contributed by atoms with Gasteiger partial charge in [0.1, 0.15) is 5.82 Å². The van der Waals surface area contributed by atoms with Gasteiger partial charge in [-0.05, 0) is 48.7 Å². The molecule has 0 aliphatic carbocycles. The first-order chi connectivity index (χ1) is 12.1. The Kier molecular flexibility index (Phi) is 4.80. The average molecular weight is 398 g/mol. The largest absolute Gasteiger partial charge is 0.270 e. The van der Waals surface area contributed by atoms with Crippen LogP contribution in [0.25, 0.3) is 0 Å². The standard InChI is InChI=1S/C17H19FN2O4S2/c1-12-11-13(7-8-15(12)18)26(23,24)19-16-9-10-20(25(2,21)22)17-6-4-3-5-14(16)17/h3-8,11,16,19H,9-10H2,1-2H3. The number of anilines is 1. The fraction of sp³-hybridized carbons (Fsp3) is 0.294. The highest BCUT2D eigenvalue weighted by atomic mass is 32.2. The van der Waals surface area contributed by atoms with Gasteiger partial charge in [0, 0.05) is 6.54 Å². The molecule has 1 heterocycles. The fourth-order valence-corrected chi connectivity index (χ4v) is 5.33. The third-order valence-electron chi connectivity index (χ3n) is 4.34. The summed E-state index contributed by atoms with van der Waals surface area (Å²) in [6.07, 6.45) is 1.42. The topological polar surface area (TPSA) is 83.6 Å². The number of halogens is 1. The summed E-state index contributed by atoms with van der Waals surface area (Å²) < 4.78 is 66.6. The first-order valence-electron chi connectivity index (χ1n) is 7.95. The second kappa shape index (κ2) is 6.64. The molecule has 1 unspecified atom stereocenters. The highest BCUT2D eigenvalue weighted by Gasteiger charge is 2.32. The Balaban J connectivity index is 1.96. The lowest BCUT2D eigenvalue weighted by Gasteiger charge is -2.34. The van der Waals surface area contributed by atoms with E-state index in [1.807, 2.05) is 0 Å². The average Bonchev–Trinajstić information content (AvgIpc) is 2.56. The van der Waals surface area contributed by atoms with Crippen molar-refractivity contribution in [2.24, 2.45) is 0 Å². The van der Waals surface area contributed by atoms with Crippen LogP contribution in [-0.4, -0.2) is 29.6 Å². The molecule has 26 heavy (non-hydrogen) atoms. The molecule has 0 aromatic heterocycles. The van der Waals surface area contributed by atoms with Gasteiger partial charge in [-0.2, -0.15) is 0 Å². The lowest BCUT2D eigenvalue weighted by atomic mass is 9.99. The van der Waals surface area contributed by atoms with Gasteiger partial charge in [0.15, 0.2) is 0 Å². The zero-order chi connectivity index (χ0) is 19.1. The molecule has 1 aliphatic heterocycles. The molecule has 0 amide bonds. The lowest BCUT2D eigenvalue weighted by Crippen LogP contribution is -2.40. The van der Waals surface area contributed by atoms with E-state index in [0.29, 0.717) is 17.7 Å². The third-order valence-corrected chi connectivity index (χ3v) is 6.99. The van der Waals surface area contributed by atoms with Crippen molar-refractivity contribution in [2.45, 2.75) is 24.3 Å². The van der Waals surface area contributed by atoms with E-state index in [0.717, 1.165) is 12.3 Å². The Morgan fingerprint density at radius 3 is 2.46 bits per heavy atom. The fourth-order valence-electron chi connectivity index (χ4n) is 3.04. The van der Waals surface area contributed by atoms with Crippen molar-refractivity contribution in [3.63, 3.8) is 0 Å². The summed E-state index contributed by atoms with van der Waals surface area (Å²) in [7, 11) is -7.33. The number of sulfonamides is 2. The lowest BCUT2D eigenvalue weighted by molar-refractivity contribution is 0.530. The van der Waals surface area contributed by atoms with Gasteiger partial charge in [0.2, 0.25) is 20.0 Å². The molecule has 1 N–H and O–H groups in total. The second-order valence-electron chi connectivity index (χ2n) is 6.27. The van der Waals surface area contributed by atoms with Crippen molar-refractivity contribution in [3.05, 3.63) is 59.4 Å². The van der Waals surface area contributed by atoms with Crippen molar-refractivity contribution in [1.82, 2.24) is 4.72 Å². The summed E-state index contributed by atoms with van der Waals surface area (Å²) in [4.78, 5) is -0.0283. The number of hydrogen-bond donors (Lipinski definition) is 1. The molecule has 0 bridgehead atoms. The first kappa shape index (κ1) is 18.8. The van der Waals surface area contributed by atoms with Gasteiger partial charge >= 0.3 is 0 Å². The summed E-state index contributed by atoms with van der Waals surface area (Å²) in [5.41, 5.74) is 1.29. The van der Waals surface area contributed by atoms with E-state index in [9.17, 15) is 21.2 Å². The number of hydrogen-bond acceptors (Lipinski definition) is 4. The zero-order valence-corrected chi connectivity index (χ0v) is 15.9. The number of aryl methyl sites for hydroxylation is 1. The van der Waals surface area contributed by atoms with Crippen LogP contribution in [0.15, 0.2) is 47.4 Å². The van der Waals surface area contributed by atoms with E-state index in [1.165, 1.54) is 23.4 Å². The molecule has 0 saturated carbocycles. The molecule has 0 spiro atoms. The van der Waals surface area contributed by atoms with Crippen LogP contribution in [0.4, 0.5) is 10.1 Å². The molecular formula is C17H19FN2O4S2. The summed E-state index contributed by atoms with van der Waals surface area (Å²) in [5.74, 6) is -0.476. The summed E-state index contributed by atoms with van der Waals surface area (Å²) in [6, 6.07) is 9.82. The maximum Gasteiger partial charge on any atom is 0.241 e. The van der Waals surface area contributed by atoms with Crippen LogP contribution in [0.1, 0.15) is 23.6 Å². The van der Waals surface area contributed by atoms with Gasteiger partial charge < -0.3 is 0 Å². The Bertz CT molecular complexity index is 1050. The molecule has 6 nitrogen and oxygen atoms in total. The Morgan fingerprint density at radius 1 is 1.12 bits per heavy atom. The number of nitrogens with one attached hydrogen (secondary N) is 1. The van der Waals surface area contributed by atoms with E-state index in [4.69, 9.17) is 0 Å². The maximum absolute atomic E-state index is 13.4. The van der Waals surface area contributed by atoms with E-state index in [-0.39, 0.29) is 17.0 Å². The monoisotopic (exact) mass is 398 g/mol. The van der Waals surface area contributed by atoms with E-state index in [2.05, 4.69) is 4.72 Å². The van der Waals surface area contributed by atoms with Crippen molar-refractivity contribution in [3.8, 4) is 0 Å². The van der Waals surface area contributed by atoms with Crippen LogP contribution in [0, 0.1) is 12.7 Å². The number of rotatable bonds is 4. The van der Waals surface area contributed by atoms with Gasteiger partial charge in [-0.3, -0.25) is 4.31 Å². The van der Waals surface area contributed by atoms with Gasteiger partial charge in [0.25, 0.3) is 0 Å². The molecule has 140 valence electrons. The normalized spacial score (nSPS) is 17.8. The van der Waals surface area contributed by atoms with Crippen molar-refractivity contribution >= 4 is 25.7 Å². The van der Waals surface area contributed by atoms with Crippen LogP contribution in [-0.2, 0) is 20.0 Å². The highest BCUT2D eigenvalue weighted by molar-refractivity contribution is 7.92. The minimum absolute atomic E-state index is 0.0283. The van der Waals surface area contributed by atoms with Crippen LogP contribution < -0.4 is 9.03 Å². The first-order valence-corrected chi connectivity index (χ1v) is 11.3. The number of para-hydroxylation sites is 1.